The number of rotatable bonds is 2. The summed E-state index contributed by atoms with van der Waals surface area (Å²) in [4.78, 5) is 0. The molecule has 7 heavy (non-hydrogen) atoms. The molecule has 0 aromatic rings. The number of hydrogen-bond donors (Lipinski definition) is 0. The van der Waals surface area contributed by atoms with Crippen molar-refractivity contribution in [3.05, 3.63) is 0 Å². The van der Waals surface area contributed by atoms with E-state index in [4.69, 9.17) is 5.26 Å². The van der Waals surface area contributed by atoms with Crippen LogP contribution in [0.15, 0.2) is 0 Å². The Balaban J connectivity index is 3.23. The Labute approximate surface area is 47.8 Å². The molecule has 1 atom stereocenters. The third kappa shape index (κ3) is 2.41. The second-order valence-electron chi connectivity index (χ2n) is 1.44. The maximum Gasteiger partial charge on any atom is 0.0652 e. The molecule has 1 unspecified atom stereocenters. The van der Waals surface area contributed by atoms with Crippen molar-refractivity contribution in [3.8, 4) is 6.07 Å². The van der Waals surface area contributed by atoms with Crippen LogP contribution in [0.4, 0.5) is 0 Å². The summed E-state index contributed by atoms with van der Waals surface area (Å²) in [5.41, 5.74) is 0. The van der Waals surface area contributed by atoms with Crippen LogP contribution in [0.25, 0.3) is 0 Å². The fourth-order valence-electron chi connectivity index (χ4n) is 0.281. The van der Waals surface area contributed by atoms with Crippen molar-refractivity contribution in [2.45, 2.75) is 19.4 Å². The summed E-state index contributed by atoms with van der Waals surface area (Å²) in [7, 11) is 3.26. The van der Waals surface area contributed by atoms with Gasteiger partial charge in [-0.15, -0.1) is 0 Å². The summed E-state index contributed by atoms with van der Waals surface area (Å²) in [6.45, 7) is 2.01. The zero-order valence-corrected chi connectivity index (χ0v) is 5.44. The fourth-order valence-corrected chi connectivity index (χ4v) is 0.661. The molecule has 0 heterocycles. The van der Waals surface area contributed by atoms with Gasteiger partial charge in [-0.3, -0.25) is 0 Å². The lowest BCUT2D eigenvalue weighted by molar-refractivity contribution is 0.712. The molecule has 0 aromatic heterocycles. The third-order valence-electron chi connectivity index (χ3n) is 0.922. The molecule has 1 nitrogen and oxygen atoms in total. The zero-order chi connectivity index (χ0) is 5.70. The van der Waals surface area contributed by atoms with E-state index < -0.39 is 0 Å². The van der Waals surface area contributed by atoms with E-state index in [0.717, 1.165) is 12.5 Å². The zero-order valence-electron chi connectivity index (χ0n) is 4.44. The van der Waals surface area contributed by atoms with Crippen LogP contribution in [0.2, 0.25) is 6.04 Å². The van der Waals surface area contributed by atoms with Crippen molar-refractivity contribution in [1.29, 1.82) is 5.26 Å². The van der Waals surface area contributed by atoms with Gasteiger partial charge in [-0.05, 0) is 12.5 Å². The highest BCUT2D eigenvalue weighted by Gasteiger charge is 1.96. The molecular weight excluding hydrogens is 102 g/mol. The highest BCUT2D eigenvalue weighted by Crippen LogP contribution is 2.02. The van der Waals surface area contributed by atoms with Crippen LogP contribution in [0.1, 0.15) is 13.3 Å². The Morgan fingerprint density at radius 1 is 1.86 bits per heavy atom. The SMILES string of the molecule is CCC(C#N)C[Si]. The summed E-state index contributed by atoms with van der Waals surface area (Å²) in [6, 6.07) is 2.95. The van der Waals surface area contributed by atoms with Gasteiger partial charge < -0.3 is 0 Å². The fraction of sp³-hybridized carbons (Fsp3) is 0.800. The topological polar surface area (TPSA) is 23.8 Å². The van der Waals surface area contributed by atoms with Crippen LogP contribution < -0.4 is 0 Å². The van der Waals surface area contributed by atoms with E-state index in [0.29, 0.717) is 0 Å². The highest BCUT2D eigenvalue weighted by atomic mass is 28.1. The van der Waals surface area contributed by atoms with E-state index >= 15 is 0 Å². The molecule has 37 valence electrons. The van der Waals surface area contributed by atoms with Gasteiger partial charge in [-0.25, -0.2) is 0 Å². The molecule has 0 spiro atoms. The molecular formula is C5H8NSi. The van der Waals surface area contributed by atoms with Crippen LogP contribution in [-0.2, 0) is 0 Å². The van der Waals surface area contributed by atoms with Gasteiger partial charge in [0.1, 0.15) is 0 Å². The predicted octanol–water partition coefficient (Wildman–Crippen LogP) is 1.12. The molecule has 0 bridgehead atoms. The first-order valence-corrected chi connectivity index (χ1v) is 3.10. The van der Waals surface area contributed by atoms with E-state index in [1.54, 1.807) is 0 Å². The van der Waals surface area contributed by atoms with Gasteiger partial charge in [-0.1, -0.05) is 6.92 Å². The van der Waals surface area contributed by atoms with Crippen molar-refractivity contribution in [2.75, 3.05) is 0 Å². The van der Waals surface area contributed by atoms with Crippen molar-refractivity contribution in [2.24, 2.45) is 5.92 Å². The van der Waals surface area contributed by atoms with E-state index in [9.17, 15) is 0 Å². The first-order valence-electron chi connectivity index (χ1n) is 2.39. The standard InChI is InChI=1S/C5H8NSi/c1-2-5(3-6)4-7/h5H,2,4H2,1H3. The summed E-state index contributed by atoms with van der Waals surface area (Å²) in [5, 5.41) is 8.24. The number of nitrogens with zero attached hydrogens (tertiary/aromatic N) is 1. The van der Waals surface area contributed by atoms with Crippen molar-refractivity contribution < 1.29 is 0 Å². The van der Waals surface area contributed by atoms with Crippen LogP contribution in [0.5, 0.6) is 0 Å². The lowest BCUT2D eigenvalue weighted by Gasteiger charge is -1.95. The Morgan fingerprint density at radius 2 is 2.43 bits per heavy atom. The molecule has 0 aliphatic rings. The van der Waals surface area contributed by atoms with Gasteiger partial charge in [0.2, 0.25) is 0 Å². The number of hydrogen-bond acceptors (Lipinski definition) is 1. The molecule has 0 N–H and O–H groups in total. The minimum Gasteiger partial charge on any atom is -0.198 e. The van der Waals surface area contributed by atoms with Crippen molar-refractivity contribution in [3.63, 3.8) is 0 Å². The molecule has 0 aromatic carbocycles. The smallest absolute Gasteiger partial charge is 0.0652 e. The largest absolute Gasteiger partial charge is 0.198 e. The quantitative estimate of drug-likeness (QED) is 0.489. The highest BCUT2D eigenvalue weighted by molar-refractivity contribution is 6.08. The van der Waals surface area contributed by atoms with E-state index in [2.05, 4.69) is 16.3 Å². The predicted molar refractivity (Wildman–Crippen MR) is 30.0 cm³/mol. The average Bonchev–Trinajstić information content (AvgIpc) is 1.72. The van der Waals surface area contributed by atoms with Gasteiger partial charge in [-0.2, -0.15) is 5.26 Å². The Kier molecular flexibility index (Phi) is 3.72. The van der Waals surface area contributed by atoms with Gasteiger partial charge in [0, 0.05) is 16.2 Å². The summed E-state index contributed by atoms with van der Waals surface area (Å²) in [5.74, 6) is 0.205. The molecule has 0 aliphatic carbocycles. The number of nitriles is 1. The first kappa shape index (κ1) is 6.71. The van der Waals surface area contributed by atoms with Gasteiger partial charge in [0.15, 0.2) is 0 Å². The Morgan fingerprint density at radius 3 is 2.43 bits per heavy atom. The molecule has 0 saturated heterocycles. The van der Waals surface area contributed by atoms with Crippen LogP contribution in [0.3, 0.4) is 0 Å². The molecule has 3 radical (unpaired) electrons. The van der Waals surface area contributed by atoms with E-state index in [-0.39, 0.29) is 5.92 Å². The summed E-state index contributed by atoms with van der Waals surface area (Å²) < 4.78 is 0. The molecule has 0 amide bonds. The molecule has 0 saturated carbocycles. The molecule has 0 aliphatic heterocycles. The molecule has 0 rings (SSSR count). The monoisotopic (exact) mass is 110 g/mol. The minimum atomic E-state index is 0.205. The molecule has 2 heteroatoms. The average molecular weight is 110 g/mol. The van der Waals surface area contributed by atoms with E-state index in [1.165, 1.54) is 0 Å². The van der Waals surface area contributed by atoms with Crippen LogP contribution >= 0.6 is 0 Å². The van der Waals surface area contributed by atoms with Gasteiger partial charge >= 0.3 is 0 Å². The van der Waals surface area contributed by atoms with E-state index in [1.807, 2.05) is 6.92 Å². The molecule has 0 fully saturated rings. The first-order chi connectivity index (χ1) is 3.35. The van der Waals surface area contributed by atoms with Crippen molar-refractivity contribution in [1.82, 2.24) is 0 Å². The second kappa shape index (κ2) is 3.88. The normalized spacial score (nSPS) is 12.7. The summed E-state index contributed by atoms with van der Waals surface area (Å²) in [6.07, 6.45) is 0.944. The maximum absolute atomic E-state index is 8.24. The van der Waals surface area contributed by atoms with Crippen molar-refractivity contribution >= 4 is 10.2 Å². The third-order valence-corrected chi connectivity index (χ3v) is 1.41. The summed E-state index contributed by atoms with van der Waals surface area (Å²) >= 11 is 0. The van der Waals surface area contributed by atoms with Crippen LogP contribution in [-0.4, -0.2) is 10.2 Å². The Bertz CT molecular complexity index is 70.6. The second-order valence-corrected chi connectivity index (χ2v) is 1.85. The maximum atomic E-state index is 8.24. The minimum absolute atomic E-state index is 0.205. The Hall–Kier alpha value is -0.293. The van der Waals surface area contributed by atoms with Gasteiger partial charge in [0.25, 0.3) is 0 Å². The van der Waals surface area contributed by atoms with Gasteiger partial charge in [0.05, 0.1) is 6.07 Å². The lowest BCUT2D eigenvalue weighted by atomic mass is 10.1. The van der Waals surface area contributed by atoms with Crippen LogP contribution in [0, 0.1) is 17.2 Å². The lowest BCUT2D eigenvalue weighted by Crippen LogP contribution is -1.90.